The maximum atomic E-state index is 12.6. The summed E-state index contributed by atoms with van der Waals surface area (Å²) >= 11 is 1.29. The Bertz CT molecular complexity index is 1140. The summed E-state index contributed by atoms with van der Waals surface area (Å²) in [6.07, 6.45) is 1.72. The van der Waals surface area contributed by atoms with Crippen LogP contribution >= 0.6 is 11.8 Å². The van der Waals surface area contributed by atoms with E-state index in [1.807, 2.05) is 28.8 Å². The summed E-state index contributed by atoms with van der Waals surface area (Å²) in [6.45, 7) is 8.62. The molecule has 2 aromatic carbocycles. The van der Waals surface area contributed by atoms with E-state index in [1.165, 1.54) is 11.8 Å². The summed E-state index contributed by atoms with van der Waals surface area (Å²) in [5.41, 5.74) is 2.42. The fourth-order valence-corrected chi connectivity index (χ4v) is 4.07. The van der Waals surface area contributed by atoms with Gasteiger partial charge in [-0.05, 0) is 41.8 Å². The summed E-state index contributed by atoms with van der Waals surface area (Å²) in [6, 6.07) is 14.6. The molecule has 0 aliphatic heterocycles. The van der Waals surface area contributed by atoms with Gasteiger partial charge in [0, 0.05) is 17.8 Å². The van der Waals surface area contributed by atoms with Gasteiger partial charge in [0.1, 0.15) is 5.75 Å². The minimum absolute atomic E-state index is 0.124. The number of ether oxygens (including phenoxy) is 1. The van der Waals surface area contributed by atoms with Crippen LogP contribution in [0, 0.1) is 0 Å². The maximum Gasteiger partial charge on any atom is 0.251 e. The van der Waals surface area contributed by atoms with Crippen molar-refractivity contribution in [3.8, 4) is 5.75 Å². The van der Waals surface area contributed by atoms with E-state index < -0.39 is 0 Å². The molecule has 8 nitrogen and oxygen atoms in total. The molecule has 9 heteroatoms. The van der Waals surface area contributed by atoms with Crippen LogP contribution in [-0.2, 0) is 17.9 Å². The third-order valence-corrected chi connectivity index (χ3v) is 6.02. The molecule has 3 aromatic rings. The predicted molar refractivity (Wildman–Crippen MR) is 134 cm³/mol. The lowest BCUT2D eigenvalue weighted by Crippen LogP contribution is -2.24. The number of anilines is 1. The lowest BCUT2D eigenvalue weighted by Gasteiger charge is -2.13. The van der Waals surface area contributed by atoms with Gasteiger partial charge in [-0.2, -0.15) is 0 Å². The van der Waals surface area contributed by atoms with Crippen molar-refractivity contribution in [3.05, 3.63) is 78.1 Å². The van der Waals surface area contributed by atoms with Crippen LogP contribution in [0.25, 0.3) is 0 Å². The average Bonchev–Trinajstić information content (AvgIpc) is 3.23. The number of para-hydroxylation sites is 1. The van der Waals surface area contributed by atoms with Crippen molar-refractivity contribution in [3.63, 3.8) is 0 Å². The van der Waals surface area contributed by atoms with Crippen molar-refractivity contribution in [2.45, 2.75) is 38.0 Å². The Morgan fingerprint density at radius 3 is 2.56 bits per heavy atom. The molecular weight excluding hydrogens is 450 g/mol. The summed E-state index contributed by atoms with van der Waals surface area (Å²) in [7, 11) is 1.57. The monoisotopic (exact) mass is 479 g/mol. The molecule has 34 heavy (non-hydrogen) atoms. The van der Waals surface area contributed by atoms with Crippen LogP contribution in [-0.4, -0.2) is 39.4 Å². The van der Waals surface area contributed by atoms with Gasteiger partial charge < -0.3 is 19.9 Å². The van der Waals surface area contributed by atoms with Gasteiger partial charge in [0.15, 0.2) is 11.0 Å². The first kappa shape index (κ1) is 25.0. The van der Waals surface area contributed by atoms with Gasteiger partial charge in [-0.15, -0.1) is 16.8 Å². The summed E-state index contributed by atoms with van der Waals surface area (Å²) < 4.78 is 6.95. The number of amides is 2. The SMILES string of the molecule is C=CCn1c(CNC(=O)c2ccc(OC)cc2)nnc1SCC(=O)Nc1ccccc1C(C)C. The topological polar surface area (TPSA) is 98.1 Å². The normalized spacial score (nSPS) is 10.7. The molecular formula is C25H29N5O3S. The zero-order chi connectivity index (χ0) is 24.5. The summed E-state index contributed by atoms with van der Waals surface area (Å²) in [5.74, 6) is 1.39. The van der Waals surface area contributed by atoms with Crippen LogP contribution in [0.15, 0.2) is 66.3 Å². The van der Waals surface area contributed by atoms with Gasteiger partial charge in [0.25, 0.3) is 5.91 Å². The van der Waals surface area contributed by atoms with Crippen molar-refractivity contribution in [1.29, 1.82) is 0 Å². The number of allylic oxidation sites excluding steroid dienone is 1. The molecule has 0 fully saturated rings. The molecule has 178 valence electrons. The second-order valence-electron chi connectivity index (χ2n) is 7.79. The van der Waals surface area contributed by atoms with Gasteiger partial charge in [-0.25, -0.2) is 0 Å². The van der Waals surface area contributed by atoms with Crippen LogP contribution in [0.4, 0.5) is 5.69 Å². The molecule has 0 atom stereocenters. The van der Waals surface area contributed by atoms with E-state index >= 15 is 0 Å². The zero-order valence-corrected chi connectivity index (χ0v) is 20.4. The van der Waals surface area contributed by atoms with Crippen LogP contribution in [0.2, 0.25) is 0 Å². The number of methoxy groups -OCH3 is 1. The molecule has 0 unspecified atom stereocenters. The maximum absolute atomic E-state index is 12.6. The van der Waals surface area contributed by atoms with Crippen molar-refractivity contribution in [2.75, 3.05) is 18.2 Å². The van der Waals surface area contributed by atoms with Gasteiger partial charge in [-0.3, -0.25) is 9.59 Å². The number of hydrogen-bond donors (Lipinski definition) is 2. The highest BCUT2D eigenvalue weighted by molar-refractivity contribution is 7.99. The third kappa shape index (κ3) is 6.48. The summed E-state index contributed by atoms with van der Waals surface area (Å²) in [5, 5.41) is 14.8. The van der Waals surface area contributed by atoms with Crippen molar-refractivity contribution >= 4 is 29.3 Å². The molecule has 0 spiro atoms. The Hall–Kier alpha value is -3.59. The molecule has 2 amide bonds. The van der Waals surface area contributed by atoms with E-state index in [0.717, 1.165) is 11.3 Å². The second kappa shape index (κ2) is 12.0. The van der Waals surface area contributed by atoms with E-state index in [0.29, 0.717) is 34.8 Å². The van der Waals surface area contributed by atoms with Crippen LogP contribution in [0.3, 0.4) is 0 Å². The first-order valence-electron chi connectivity index (χ1n) is 10.9. The van der Waals surface area contributed by atoms with Gasteiger partial charge in [0.2, 0.25) is 5.91 Å². The quantitative estimate of drug-likeness (QED) is 0.315. The Kier molecular flexibility index (Phi) is 8.86. The first-order chi connectivity index (χ1) is 16.4. The number of nitrogens with one attached hydrogen (secondary N) is 2. The molecule has 1 heterocycles. The van der Waals surface area contributed by atoms with Crippen LogP contribution < -0.4 is 15.4 Å². The highest BCUT2D eigenvalue weighted by Gasteiger charge is 2.16. The highest BCUT2D eigenvalue weighted by Crippen LogP contribution is 2.24. The number of aromatic nitrogens is 3. The molecule has 0 aliphatic carbocycles. The van der Waals surface area contributed by atoms with E-state index in [2.05, 4.69) is 41.3 Å². The van der Waals surface area contributed by atoms with Crippen LogP contribution in [0.1, 0.15) is 41.5 Å². The van der Waals surface area contributed by atoms with Crippen molar-refractivity contribution in [2.24, 2.45) is 0 Å². The zero-order valence-electron chi connectivity index (χ0n) is 19.6. The van der Waals surface area contributed by atoms with Crippen LogP contribution in [0.5, 0.6) is 5.75 Å². The number of rotatable bonds is 11. The van der Waals surface area contributed by atoms with E-state index in [1.54, 1.807) is 37.5 Å². The fourth-order valence-electron chi connectivity index (χ4n) is 3.30. The van der Waals surface area contributed by atoms with Crippen molar-refractivity contribution < 1.29 is 14.3 Å². The Morgan fingerprint density at radius 2 is 1.88 bits per heavy atom. The number of benzene rings is 2. The molecule has 0 saturated heterocycles. The largest absolute Gasteiger partial charge is 0.497 e. The van der Waals surface area contributed by atoms with E-state index in [4.69, 9.17) is 4.74 Å². The number of carbonyl (C=O) groups excluding carboxylic acids is 2. The minimum atomic E-state index is -0.229. The molecule has 0 bridgehead atoms. The fraction of sp³-hybridized carbons (Fsp3) is 0.280. The van der Waals surface area contributed by atoms with Gasteiger partial charge in [-0.1, -0.05) is 49.9 Å². The first-order valence-corrected chi connectivity index (χ1v) is 11.9. The highest BCUT2D eigenvalue weighted by atomic mass is 32.2. The lowest BCUT2D eigenvalue weighted by molar-refractivity contribution is -0.113. The molecule has 3 rings (SSSR count). The summed E-state index contributed by atoms with van der Waals surface area (Å²) in [4.78, 5) is 25.0. The Morgan fingerprint density at radius 1 is 1.15 bits per heavy atom. The smallest absolute Gasteiger partial charge is 0.251 e. The second-order valence-corrected chi connectivity index (χ2v) is 8.73. The third-order valence-electron chi connectivity index (χ3n) is 5.05. The minimum Gasteiger partial charge on any atom is -0.497 e. The van der Waals surface area contributed by atoms with Gasteiger partial charge in [0.05, 0.1) is 19.4 Å². The Balaban J connectivity index is 1.61. The lowest BCUT2D eigenvalue weighted by atomic mass is 10.0. The average molecular weight is 480 g/mol. The standard InChI is InChI=1S/C25H29N5O3S/c1-5-14-30-22(15-26-24(32)18-10-12-19(33-4)13-11-18)28-29-25(30)34-16-23(31)27-21-9-7-6-8-20(21)17(2)3/h5-13,17H,1,14-16H2,2-4H3,(H,26,32)(H,27,31). The molecule has 2 N–H and O–H groups in total. The Labute approximate surface area is 203 Å². The predicted octanol–water partition coefficient (Wildman–Crippen LogP) is 4.26. The van der Waals surface area contributed by atoms with E-state index in [-0.39, 0.29) is 24.1 Å². The molecule has 0 saturated carbocycles. The van der Waals surface area contributed by atoms with Gasteiger partial charge >= 0.3 is 0 Å². The molecule has 1 aromatic heterocycles. The number of hydrogen-bond acceptors (Lipinski definition) is 6. The van der Waals surface area contributed by atoms with Crippen molar-refractivity contribution in [1.82, 2.24) is 20.1 Å². The number of thioether (sulfide) groups is 1. The molecule has 0 aliphatic rings. The van der Waals surface area contributed by atoms with E-state index in [9.17, 15) is 9.59 Å². The number of carbonyl (C=O) groups is 2. The molecule has 0 radical (unpaired) electrons. The number of nitrogens with zero attached hydrogens (tertiary/aromatic N) is 3.